The number of anilines is 1. The van der Waals surface area contributed by atoms with E-state index in [2.05, 4.69) is 10.3 Å². The number of benzene rings is 1. The van der Waals surface area contributed by atoms with Crippen molar-refractivity contribution in [2.75, 3.05) is 12.4 Å². The van der Waals surface area contributed by atoms with Gasteiger partial charge in [-0.25, -0.2) is 4.98 Å². The Morgan fingerprint density at radius 3 is 2.67 bits per heavy atom. The summed E-state index contributed by atoms with van der Waals surface area (Å²) in [4.78, 5) is 27.1. The van der Waals surface area contributed by atoms with Crippen LogP contribution in [0.5, 0.6) is 5.75 Å². The average molecular weight is 326 g/mol. The Balaban J connectivity index is 1.96. The van der Waals surface area contributed by atoms with Crippen LogP contribution in [0.1, 0.15) is 5.56 Å². The highest BCUT2D eigenvalue weighted by Crippen LogP contribution is 2.19. The van der Waals surface area contributed by atoms with E-state index >= 15 is 0 Å². The van der Waals surface area contributed by atoms with Crippen molar-refractivity contribution >= 4 is 17.2 Å². The van der Waals surface area contributed by atoms with Crippen molar-refractivity contribution in [3.8, 4) is 5.75 Å². The molecule has 0 aliphatic rings. The summed E-state index contributed by atoms with van der Waals surface area (Å²) in [5.41, 5.74) is -0.0828. The Labute approximate surface area is 136 Å². The van der Waals surface area contributed by atoms with Gasteiger partial charge in [-0.05, 0) is 29.8 Å². The van der Waals surface area contributed by atoms with E-state index in [1.165, 1.54) is 6.20 Å². The molecule has 1 N–H and O–H groups in total. The first-order valence-corrected chi connectivity index (χ1v) is 7.13. The maximum Gasteiger partial charge on any atom is 0.376 e. The molecule has 1 aromatic carbocycles. The fourth-order valence-electron chi connectivity index (χ4n) is 2.30. The van der Waals surface area contributed by atoms with Crippen LogP contribution in [0.15, 0.2) is 53.5 Å². The molecular formula is C16H14N4O4. The largest absolute Gasteiger partial charge is 0.497 e. The molecule has 24 heavy (non-hydrogen) atoms. The topological polar surface area (TPSA) is 98.8 Å². The molecular weight excluding hydrogens is 312 g/mol. The lowest BCUT2D eigenvalue weighted by atomic mass is 10.2. The van der Waals surface area contributed by atoms with Crippen molar-refractivity contribution in [3.63, 3.8) is 0 Å². The Hall–Kier alpha value is -3.42. The van der Waals surface area contributed by atoms with Crippen molar-refractivity contribution in [2.45, 2.75) is 6.54 Å². The molecule has 8 nitrogen and oxygen atoms in total. The number of nitro groups is 1. The Kier molecular flexibility index (Phi) is 4.11. The number of fused-ring (bicyclic) bond motifs is 1. The van der Waals surface area contributed by atoms with Crippen molar-refractivity contribution < 1.29 is 9.66 Å². The van der Waals surface area contributed by atoms with Gasteiger partial charge in [0.15, 0.2) is 0 Å². The van der Waals surface area contributed by atoms with Crippen LogP contribution in [0, 0.1) is 10.1 Å². The minimum Gasteiger partial charge on any atom is -0.497 e. The highest BCUT2D eigenvalue weighted by Gasteiger charge is 2.23. The fourth-order valence-corrected chi connectivity index (χ4v) is 2.30. The predicted octanol–water partition coefficient (Wildman–Crippen LogP) is 2.22. The number of rotatable bonds is 5. The third-order valence-electron chi connectivity index (χ3n) is 3.51. The summed E-state index contributed by atoms with van der Waals surface area (Å²) < 4.78 is 6.23. The molecule has 0 unspecified atom stereocenters. The molecule has 0 bridgehead atoms. The molecule has 0 amide bonds. The van der Waals surface area contributed by atoms with Crippen LogP contribution in [-0.2, 0) is 6.54 Å². The number of methoxy groups -OCH3 is 1. The zero-order chi connectivity index (χ0) is 17.1. The van der Waals surface area contributed by atoms with Gasteiger partial charge in [0, 0.05) is 12.7 Å². The lowest BCUT2D eigenvalue weighted by Gasteiger charge is -2.08. The molecule has 0 spiro atoms. The van der Waals surface area contributed by atoms with Crippen LogP contribution < -0.4 is 15.6 Å². The highest BCUT2D eigenvalue weighted by atomic mass is 16.6. The monoisotopic (exact) mass is 326 g/mol. The second-order valence-electron chi connectivity index (χ2n) is 5.00. The zero-order valence-electron chi connectivity index (χ0n) is 12.8. The van der Waals surface area contributed by atoms with Crippen LogP contribution in [-0.4, -0.2) is 21.4 Å². The summed E-state index contributed by atoms with van der Waals surface area (Å²) >= 11 is 0. The van der Waals surface area contributed by atoms with Crippen molar-refractivity contribution in [3.05, 3.63) is 74.7 Å². The van der Waals surface area contributed by atoms with Crippen LogP contribution >= 0.6 is 0 Å². The highest BCUT2D eigenvalue weighted by molar-refractivity contribution is 5.59. The lowest BCUT2D eigenvalue weighted by molar-refractivity contribution is -0.385. The van der Waals surface area contributed by atoms with Crippen molar-refractivity contribution in [2.24, 2.45) is 0 Å². The summed E-state index contributed by atoms with van der Waals surface area (Å²) in [5.74, 6) is 0.666. The number of hydrogen-bond donors (Lipinski definition) is 1. The van der Waals surface area contributed by atoms with Gasteiger partial charge in [0.05, 0.1) is 12.0 Å². The van der Waals surface area contributed by atoms with Gasteiger partial charge in [-0.3, -0.25) is 19.3 Å². The van der Waals surface area contributed by atoms with Gasteiger partial charge >= 0.3 is 11.2 Å². The minimum absolute atomic E-state index is 0.0491. The molecule has 0 radical (unpaired) electrons. The molecule has 0 fully saturated rings. The van der Waals surface area contributed by atoms with Crippen LogP contribution in [0.3, 0.4) is 0 Å². The normalized spacial score (nSPS) is 10.5. The van der Waals surface area contributed by atoms with E-state index in [0.29, 0.717) is 17.9 Å². The number of pyridine rings is 1. The van der Waals surface area contributed by atoms with E-state index in [-0.39, 0.29) is 5.82 Å². The molecule has 8 heteroatoms. The maximum atomic E-state index is 12.3. The third-order valence-corrected chi connectivity index (χ3v) is 3.51. The van der Waals surface area contributed by atoms with Gasteiger partial charge in [0.1, 0.15) is 11.4 Å². The van der Waals surface area contributed by atoms with Crippen LogP contribution in [0.2, 0.25) is 0 Å². The van der Waals surface area contributed by atoms with E-state index in [4.69, 9.17) is 4.74 Å². The Morgan fingerprint density at radius 2 is 2.00 bits per heavy atom. The molecule has 3 rings (SSSR count). The van der Waals surface area contributed by atoms with Gasteiger partial charge in [0.25, 0.3) is 0 Å². The number of nitrogens with zero attached hydrogens (tertiary/aromatic N) is 3. The Bertz CT molecular complexity index is 950. The van der Waals surface area contributed by atoms with E-state index in [0.717, 1.165) is 9.96 Å². The molecule has 0 aliphatic carbocycles. The molecule has 0 aliphatic heterocycles. The zero-order valence-corrected chi connectivity index (χ0v) is 12.8. The van der Waals surface area contributed by atoms with Crippen LogP contribution in [0.4, 0.5) is 11.5 Å². The van der Waals surface area contributed by atoms with E-state index in [9.17, 15) is 14.9 Å². The quantitative estimate of drug-likeness (QED) is 0.570. The Morgan fingerprint density at radius 1 is 1.25 bits per heavy atom. The summed E-state index contributed by atoms with van der Waals surface area (Å²) in [6, 6.07) is 12.2. The molecule has 0 saturated carbocycles. The molecule has 2 heterocycles. The van der Waals surface area contributed by atoms with Gasteiger partial charge in [-0.15, -0.1) is 0 Å². The standard InChI is InChI=1S/C16H14N4O4/c1-24-12-7-5-11(6-8-12)10-17-15-14(20(22)23)16(21)19-9-3-2-4-13(19)18-15/h2-9,17H,10H2,1H3. The minimum atomic E-state index is -0.720. The number of ether oxygens (including phenoxy) is 1. The lowest BCUT2D eigenvalue weighted by Crippen LogP contribution is -2.21. The molecule has 0 saturated heterocycles. The summed E-state index contributed by atoms with van der Waals surface area (Å²) in [6.45, 7) is 0.292. The van der Waals surface area contributed by atoms with Gasteiger partial charge in [0.2, 0.25) is 5.82 Å². The summed E-state index contributed by atoms with van der Waals surface area (Å²) in [5, 5.41) is 14.2. The number of nitrogens with one attached hydrogen (secondary N) is 1. The predicted molar refractivity (Wildman–Crippen MR) is 88.4 cm³/mol. The van der Waals surface area contributed by atoms with Gasteiger partial charge in [-0.2, -0.15) is 0 Å². The van der Waals surface area contributed by atoms with E-state index < -0.39 is 16.2 Å². The third kappa shape index (κ3) is 2.89. The molecule has 2 aromatic heterocycles. The first-order chi connectivity index (χ1) is 11.6. The van der Waals surface area contributed by atoms with Gasteiger partial charge in [-0.1, -0.05) is 18.2 Å². The van der Waals surface area contributed by atoms with Crippen molar-refractivity contribution in [1.29, 1.82) is 0 Å². The average Bonchev–Trinajstić information content (AvgIpc) is 2.60. The second-order valence-corrected chi connectivity index (χ2v) is 5.00. The molecule has 122 valence electrons. The smallest absolute Gasteiger partial charge is 0.376 e. The molecule has 0 atom stereocenters. The van der Waals surface area contributed by atoms with Gasteiger partial charge < -0.3 is 10.1 Å². The number of aromatic nitrogens is 2. The van der Waals surface area contributed by atoms with Crippen LogP contribution in [0.25, 0.3) is 5.65 Å². The SMILES string of the molecule is COc1ccc(CNc2nc3ccccn3c(=O)c2[N+](=O)[O-])cc1. The van der Waals surface area contributed by atoms with E-state index in [1.54, 1.807) is 37.4 Å². The van der Waals surface area contributed by atoms with E-state index in [1.807, 2.05) is 12.1 Å². The number of hydrogen-bond acceptors (Lipinski definition) is 6. The molecule has 3 aromatic rings. The maximum absolute atomic E-state index is 12.3. The first-order valence-electron chi connectivity index (χ1n) is 7.13. The van der Waals surface area contributed by atoms with Crippen molar-refractivity contribution in [1.82, 2.24) is 9.38 Å². The summed E-state index contributed by atoms with van der Waals surface area (Å²) in [7, 11) is 1.57. The fraction of sp³-hybridized carbons (Fsp3) is 0.125. The summed E-state index contributed by atoms with van der Waals surface area (Å²) in [6.07, 6.45) is 1.45. The first kappa shape index (κ1) is 15.5. The second kappa shape index (κ2) is 6.37.